The Hall–Kier alpha value is -4.31. The molecule has 132 valence electrons. The van der Waals surface area contributed by atoms with Crippen molar-refractivity contribution in [2.45, 2.75) is 0 Å². The lowest BCUT2D eigenvalue weighted by Gasteiger charge is -2.11. The number of nitrogens with one attached hydrogen (secondary N) is 1. The van der Waals surface area contributed by atoms with Crippen LogP contribution in [0, 0.1) is 11.3 Å². The first-order valence-corrected chi connectivity index (χ1v) is 8.56. The Balaban J connectivity index is 1.84. The van der Waals surface area contributed by atoms with Crippen LogP contribution >= 0.6 is 0 Å². The van der Waals surface area contributed by atoms with Gasteiger partial charge >= 0.3 is 0 Å². The van der Waals surface area contributed by atoms with Gasteiger partial charge in [0.2, 0.25) is 0 Å². The number of H-pyrrole nitrogens is 1. The van der Waals surface area contributed by atoms with Crippen LogP contribution in [0.15, 0.2) is 72.0 Å². The second kappa shape index (κ2) is 6.14. The van der Waals surface area contributed by atoms with E-state index in [0.29, 0.717) is 22.4 Å². The average Bonchev–Trinajstić information content (AvgIpc) is 3.22. The SMILES string of the molecule is N#Cc1cnn(-c2nc3[nH]ccc(=O)c3cc2-c2ccc3ncccc3c2)c1. The van der Waals surface area contributed by atoms with Crippen molar-refractivity contribution in [1.29, 1.82) is 5.26 Å². The van der Waals surface area contributed by atoms with Crippen molar-refractivity contribution in [2.75, 3.05) is 0 Å². The third-order valence-corrected chi connectivity index (χ3v) is 4.57. The van der Waals surface area contributed by atoms with Crippen molar-refractivity contribution >= 4 is 21.9 Å². The van der Waals surface area contributed by atoms with Crippen LogP contribution in [0.1, 0.15) is 5.56 Å². The molecule has 0 radical (unpaired) electrons. The predicted octanol–water partition coefficient (Wildman–Crippen LogP) is 3.20. The van der Waals surface area contributed by atoms with Crippen LogP contribution < -0.4 is 5.43 Å². The van der Waals surface area contributed by atoms with Crippen LogP contribution in [0.5, 0.6) is 0 Å². The fourth-order valence-electron chi connectivity index (χ4n) is 3.21. The minimum Gasteiger partial charge on any atom is -0.346 e. The highest BCUT2D eigenvalue weighted by Gasteiger charge is 2.14. The Morgan fingerprint density at radius 1 is 1.14 bits per heavy atom. The first kappa shape index (κ1) is 15.9. The van der Waals surface area contributed by atoms with Crippen LogP contribution in [0.2, 0.25) is 0 Å². The summed E-state index contributed by atoms with van der Waals surface area (Å²) in [6, 6.07) is 15.1. The Morgan fingerprint density at radius 3 is 2.93 bits per heavy atom. The molecule has 0 unspecified atom stereocenters. The molecule has 0 aliphatic heterocycles. The number of aromatic amines is 1. The number of pyridine rings is 3. The van der Waals surface area contributed by atoms with Crippen LogP contribution in [-0.2, 0) is 0 Å². The number of benzene rings is 1. The van der Waals surface area contributed by atoms with Crippen molar-refractivity contribution < 1.29 is 0 Å². The standard InChI is InChI=1S/C21H12N6O/c22-10-13-11-25-27(12-13)21-16(9-17-19(28)5-7-24-20(17)26-21)14-3-4-18-15(8-14)2-1-6-23-18/h1-9,11-12H,(H,24,26,28). The van der Waals surface area contributed by atoms with E-state index < -0.39 is 0 Å². The van der Waals surface area contributed by atoms with E-state index in [1.807, 2.05) is 36.4 Å². The molecule has 0 spiro atoms. The molecule has 0 aliphatic rings. The van der Waals surface area contributed by atoms with Gasteiger partial charge in [-0.2, -0.15) is 10.4 Å². The second-order valence-corrected chi connectivity index (χ2v) is 6.29. The van der Waals surface area contributed by atoms with Crippen molar-refractivity contribution in [3.63, 3.8) is 0 Å². The van der Waals surface area contributed by atoms with Gasteiger partial charge in [0.05, 0.1) is 28.9 Å². The Morgan fingerprint density at radius 2 is 2.07 bits per heavy atom. The highest BCUT2D eigenvalue weighted by atomic mass is 16.1. The fraction of sp³-hybridized carbons (Fsp3) is 0. The molecular formula is C21H12N6O. The highest BCUT2D eigenvalue weighted by Crippen LogP contribution is 2.29. The number of hydrogen-bond donors (Lipinski definition) is 1. The normalized spacial score (nSPS) is 11.0. The van der Waals surface area contributed by atoms with E-state index in [2.05, 4.69) is 26.1 Å². The van der Waals surface area contributed by atoms with E-state index in [1.54, 1.807) is 23.3 Å². The van der Waals surface area contributed by atoms with Crippen molar-refractivity contribution in [3.05, 3.63) is 83.0 Å². The Kier molecular flexibility index (Phi) is 3.49. The summed E-state index contributed by atoms with van der Waals surface area (Å²) >= 11 is 0. The molecule has 0 aliphatic carbocycles. The summed E-state index contributed by atoms with van der Waals surface area (Å²) in [5, 5.41) is 14.9. The number of nitrogens with zero attached hydrogens (tertiary/aromatic N) is 5. The molecule has 0 fully saturated rings. The van der Waals surface area contributed by atoms with Gasteiger partial charge < -0.3 is 4.98 Å². The summed E-state index contributed by atoms with van der Waals surface area (Å²) < 4.78 is 1.55. The maximum absolute atomic E-state index is 12.3. The van der Waals surface area contributed by atoms with Gasteiger partial charge in [-0.1, -0.05) is 12.1 Å². The maximum atomic E-state index is 12.3. The van der Waals surface area contributed by atoms with Gasteiger partial charge in [-0.15, -0.1) is 0 Å². The number of hydrogen-bond acceptors (Lipinski definition) is 5. The van der Waals surface area contributed by atoms with E-state index in [-0.39, 0.29) is 5.43 Å². The average molecular weight is 364 g/mol. The van der Waals surface area contributed by atoms with Gasteiger partial charge in [0.1, 0.15) is 11.7 Å². The summed E-state index contributed by atoms with van der Waals surface area (Å²) in [4.78, 5) is 24.3. The monoisotopic (exact) mass is 364 g/mol. The van der Waals surface area contributed by atoms with Crippen LogP contribution in [0.25, 0.3) is 38.9 Å². The van der Waals surface area contributed by atoms with Gasteiger partial charge in [-0.3, -0.25) is 9.78 Å². The topological polar surface area (TPSA) is 100 Å². The van der Waals surface area contributed by atoms with Crippen LogP contribution in [0.3, 0.4) is 0 Å². The van der Waals surface area contributed by atoms with E-state index in [9.17, 15) is 4.79 Å². The molecule has 0 saturated heterocycles. The molecule has 28 heavy (non-hydrogen) atoms. The lowest BCUT2D eigenvalue weighted by Crippen LogP contribution is -2.07. The van der Waals surface area contributed by atoms with E-state index >= 15 is 0 Å². The summed E-state index contributed by atoms with van der Waals surface area (Å²) in [5.41, 5.74) is 3.27. The smallest absolute Gasteiger partial charge is 0.191 e. The summed E-state index contributed by atoms with van der Waals surface area (Å²) in [6.45, 7) is 0. The zero-order chi connectivity index (χ0) is 19.1. The van der Waals surface area contributed by atoms with Gasteiger partial charge in [-0.25, -0.2) is 9.67 Å². The minimum atomic E-state index is -0.116. The van der Waals surface area contributed by atoms with E-state index in [4.69, 9.17) is 5.26 Å². The molecule has 0 atom stereocenters. The van der Waals surface area contributed by atoms with Gasteiger partial charge in [-0.05, 0) is 29.8 Å². The molecule has 5 aromatic rings. The lowest BCUT2D eigenvalue weighted by molar-refractivity contribution is 0.852. The van der Waals surface area contributed by atoms with Crippen LogP contribution in [0.4, 0.5) is 0 Å². The second-order valence-electron chi connectivity index (χ2n) is 6.29. The van der Waals surface area contributed by atoms with Crippen molar-refractivity contribution in [1.82, 2.24) is 24.7 Å². The summed E-state index contributed by atoms with van der Waals surface area (Å²) in [6.07, 6.45) is 6.40. The molecule has 0 saturated carbocycles. The molecule has 7 nitrogen and oxygen atoms in total. The molecule has 1 aromatic carbocycles. The Bertz CT molecular complexity index is 1460. The number of aromatic nitrogens is 5. The van der Waals surface area contributed by atoms with Crippen LogP contribution in [-0.4, -0.2) is 24.7 Å². The quantitative estimate of drug-likeness (QED) is 0.518. The molecule has 5 rings (SSSR count). The molecule has 4 aromatic heterocycles. The first-order valence-electron chi connectivity index (χ1n) is 8.56. The molecule has 0 bridgehead atoms. The lowest BCUT2D eigenvalue weighted by atomic mass is 10.0. The van der Waals surface area contributed by atoms with E-state index in [1.165, 1.54) is 12.3 Å². The zero-order valence-corrected chi connectivity index (χ0v) is 14.5. The third-order valence-electron chi connectivity index (χ3n) is 4.57. The molecular weight excluding hydrogens is 352 g/mol. The first-order chi connectivity index (χ1) is 13.7. The molecule has 1 N–H and O–H groups in total. The fourth-order valence-corrected chi connectivity index (χ4v) is 3.21. The Labute approximate surface area is 158 Å². The molecule has 4 heterocycles. The predicted molar refractivity (Wildman–Crippen MR) is 105 cm³/mol. The molecule has 0 amide bonds. The van der Waals surface area contributed by atoms with Crippen molar-refractivity contribution in [3.8, 4) is 23.0 Å². The van der Waals surface area contributed by atoms with Gasteiger partial charge in [0.25, 0.3) is 0 Å². The largest absolute Gasteiger partial charge is 0.346 e. The number of nitriles is 1. The maximum Gasteiger partial charge on any atom is 0.191 e. The van der Waals surface area contributed by atoms with Gasteiger partial charge in [0, 0.05) is 29.4 Å². The van der Waals surface area contributed by atoms with Gasteiger partial charge in [0.15, 0.2) is 11.2 Å². The third kappa shape index (κ3) is 2.52. The summed E-state index contributed by atoms with van der Waals surface area (Å²) in [5.74, 6) is 0.527. The number of rotatable bonds is 2. The summed E-state index contributed by atoms with van der Waals surface area (Å²) in [7, 11) is 0. The zero-order valence-electron chi connectivity index (χ0n) is 14.5. The highest BCUT2D eigenvalue weighted by molar-refractivity contribution is 5.89. The molecule has 7 heteroatoms. The van der Waals surface area contributed by atoms with Crippen molar-refractivity contribution in [2.24, 2.45) is 0 Å². The van der Waals surface area contributed by atoms with E-state index in [0.717, 1.165) is 22.0 Å². The minimum absolute atomic E-state index is 0.116. The number of fused-ring (bicyclic) bond motifs is 2.